The Morgan fingerprint density at radius 3 is 2.41 bits per heavy atom. The lowest BCUT2D eigenvalue weighted by atomic mass is 10.1. The fraction of sp³-hybridized carbons (Fsp3) is 0.263. The lowest BCUT2D eigenvalue weighted by molar-refractivity contribution is -0.384. The van der Waals surface area contributed by atoms with Crippen LogP contribution in [0.4, 0.5) is 17.1 Å². The second kappa shape index (κ2) is 9.33. The zero-order valence-electron chi connectivity index (χ0n) is 15.2. The Labute approximate surface area is 156 Å². The first-order valence-corrected chi connectivity index (χ1v) is 8.48. The first-order chi connectivity index (χ1) is 12.9. The van der Waals surface area contributed by atoms with Gasteiger partial charge in [-0.1, -0.05) is 13.3 Å². The number of nitro benzene ring substituents is 1. The highest BCUT2D eigenvalue weighted by Crippen LogP contribution is 2.29. The molecule has 0 fully saturated rings. The van der Waals surface area contributed by atoms with Crippen molar-refractivity contribution in [3.8, 4) is 5.75 Å². The van der Waals surface area contributed by atoms with E-state index in [1.807, 2.05) is 6.92 Å². The topological polar surface area (TPSA) is 111 Å². The Bertz CT molecular complexity index is 834. The minimum atomic E-state index is -0.550. The van der Waals surface area contributed by atoms with Gasteiger partial charge in [-0.05, 0) is 36.8 Å². The van der Waals surface area contributed by atoms with Gasteiger partial charge in [-0.2, -0.15) is 0 Å². The number of unbranched alkanes of at least 4 members (excludes halogenated alkanes) is 1. The van der Waals surface area contributed by atoms with E-state index >= 15 is 0 Å². The van der Waals surface area contributed by atoms with Crippen LogP contribution >= 0.6 is 0 Å². The van der Waals surface area contributed by atoms with Gasteiger partial charge in [-0.3, -0.25) is 19.7 Å². The summed E-state index contributed by atoms with van der Waals surface area (Å²) in [6.07, 6.45) is 2.20. The second-order valence-electron chi connectivity index (χ2n) is 5.82. The SMILES string of the molecule is CCCCC(=O)Nc1ccc(C(=O)Nc2cc([N+](=O)[O-])ccc2OC)cc1. The van der Waals surface area contributed by atoms with Crippen LogP contribution in [0, 0.1) is 10.1 Å². The number of ether oxygens (including phenoxy) is 1. The molecule has 0 aliphatic heterocycles. The number of benzene rings is 2. The van der Waals surface area contributed by atoms with Crippen molar-refractivity contribution >= 4 is 28.9 Å². The first kappa shape index (κ1) is 19.9. The largest absolute Gasteiger partial charge is 0.495 e. The summed E-state index contributed by atoms with van der Waals surface area (Å²) >= 11 is 0. The van der Waals surface area contributed by atoms with E-state index in [1.54, 1.807) is 24.3 Å². The van der Waals surface area contributed by atoms with Gasteiger partial charge in [-0.25, -0.2) is 0 Å². The fourth-order valence-corrected chi connectivity index (χ4v) is 2.37. The molecular formula is C19H21N3O5. The van der Waals surface area contributed by atoms with E-state index in [4.69, 9.17) is 4.74 Å². The van der Waals surface area contributed by atoms with Gasteiger partial charge in [0.05, 0.1) is 17.7 Å². The van der Waals surface area contributed by atoms with E-state index in [0.29, 0.717) is 23.4 Å². The van der Waals surface area contributed by atoms with Crippen LogP contribution in [0.3, 0.4) is 0 Å². The maximum Gasteiger partial charge on any atom is 0.271 e. The molecule has 2 N–H and O–H groups in total. The molecule has 0 bridgehead atoms. The van der Waals surface area contributed by atoms with Gasteiger partial charge in [0, 0.05) is 29.8 Å². The lowest BCUT2D eigenvalue weighted by Gasteiger charge is -2.10. The summed E-state index contributed by atoms with van der Waals surface area (Å²) in [5.74, 6) is -0.207. The fourth-order valence-electron chi connectivity index (χ4n) is 2.37. The first-order valence-electron chi connectivity index (χ1n) is 8.48. The summed E-state index contributed by atoms with van der Waals surface area (Å²) in [6.45, 7) is 2.01. The van der Waals surface area contributed by atoms with Crippen LogP contribution in [0.15, 0.2) is 42.5 Å². The average molecular weight is 371 g/mol. The van der Waals surface area contributed by atoms with Crippen LogP contribution in [-0.2, 0) is 4.79 Å². The normalized spacial score (nSPS) is 10.1. The summed E-state index contributed by atoms with van der Waals surface area (Å²) in [7, 11) is 1.41. The molecule has 0 aliphatic carbocycles. The van der Waals surface area contributed by atoms with Crippen molar-refractivity contribution < 1.29 is 19.2 Å². The maximum atomic E-state index is 12.4. The van der Waals surface area contributed by atoms with Crippen LogP contribution in [0.1, 0.15) is 36.5 Å². The number of hydrogen-bond acceptors (Lipinski definition) is 5. The van der Waals surface area contributed by atoms with Crippen LogP contribution in [-0.4, -0.2) is 23.8 Å². The summed E-state index contributed by atoms with van der Waals surface area (Å²) in [5.41, 5.74) is 0.987. The predicted octanol–water partition coefficient (Wildman–Crippen LogP) is 3.98. The number of nitro groups is 1. The minimum Gasteiger partial charge on any atom is -0.495 e. The number of amides is 2. The standard InChI is InChI=1S/C19H21N3O5/c1-3-4-5-18(23)20-14-8-6-13(7-9-14)19(24)21-16-12-15(22(25)26)10-11-17(16)27-2/h6-12H,3-5H2,1-2H3,(H,20,23)(H,21,24). The molecule has 0 aliphatic rings. The molecule has 0 unspecified atom stereocenters. The molecule has 2 aromatic rings. The Kier molecular flexibility index (Phi) is 6.87. The molecule has 0 radical (unpaired) electrons. The molecule has 2 amide bonds. The predicted molar refractivity (Wildman–Crippen MR) is 102 cm³/mol. The number of methoxy groups -OCH3 is 1. The van der Waals surface area contributed by atoms with Gasteiger partial charge < -0.3 is 15.4 Å². The van der Waals surface area contributed by atoms with Gasteiger partial charge in [0.2, 0.25) is 5.91 Å². The lowest BCUT2D eigenvalue weighted by Crippen LogP contribution is -2.14. The number of anilines is 2. The molecule has 0 heterocycles. The average Bonchev–Trinajstić information content (AvgIpc) is 2.66. The van der Waals surface area contributed by atoms with Crippen LogP contribution < -0.4 is 15.4 Å². The van der Waals surface area contributed by atoms with E-state index in [9.17, 15) is 19.7 Å². The van der Waals surface area contributed by atoms with Gasteiger partial charge in [0.15, 0.2) is 0 Å². The van der Waals surface area contributed by atoms with Crippen LogP contribution in [0.2, 0.25) is 0 Å². The van der Waals surface area contributed by atoms with Crippen molar-refractivity contribution in [1.29, 1.82) is 0 Å². The molecule has 0 aromatic heterocycles. The smallest absolute Gasteiger partial charge is 0.271 e. The molecular weight excluding hydrogens is 350 g/mol. The Morgan fingerprint density at radius 1 is 1.11 bits per heavy atom. The van der Waals surface area contributed by atoms with E-state index in [-0.39, 0.29) is 17.3 Å². The molecule has 0 saturated heterocycles. The number of nitrogens with one attached hydrogen (secondary N) is 2. The van der Waals surface area contributed by atoms with Gasteiger partial charge >= 0.3 is 0 Å². The number of rotatable bonds is 8. The van der Waals surface area contributed by atoms with E-state index in [2.05, 4.69) is 10.6 Å². The number of carbonyl (C=O) groups excluding carboxylic acids is 2. The van der Waals surface area contributed by atoms with Crippen molar-refractivity contribution in [3.05, 3.63) is 58.1 Å². The molecule has 0 atom stereocenters. The van der Waals surface area contributed by atoms with E-state index < -0.39 is 10.8 Å². The Balaban J connectivity index is 2.09. The molecule has 8 heteroatoms. The third-order valence-electron chi connectivity index (χ3n) is 3.83. The highest BCUT2D eigenvalue weighted by atomic mass is 16.6. The van der Waals surface area contributed by atoms with Crippen molar-refractivity contribution in [2.75, 3.05) is 17.7 Å². The van der Waals surface area contributed by atoms with Crippen molar-refractivity contribution in [2.45, 2.75) is 26.2 Å². The van der Waals surface area contributed by atoms with E-state index in [0.717, 1.165) is 12.8 Å². The summed E-state index contributed by atoms with van der Waals surface area (Å²) in [6, 6.07) is 10.3. The third kappa shape index (κ3) is 5.53. The second-order valence-corrected chi connectivity index (χ2v) is 5.82. The van der Waals surface area contributed by atoms with Crippen molar-refractivity contribution in [3.63, 3.8) is 0 Å². The Morgan fingerprint density at radius 2 is 1.81 bits per heavy atom. The molecule has 8 nitrogen and oxygen atoms in total. The van der Waals surface area contributed by atoms with Gasteiger partial charge in [-0.15, -0.1) is 0 Å². The van der Waals surface area contributed by atoms with E-state index in [1.165, 1.54) is 25.3 Å². The van der Waals surface area contributed by atoms with Gasteiger partial charge in [0.1, 0.15) is 5.75 Å². The summed E-state index contributed by atoms with van der Waals surface area (Å²) in [5, 5.41) is 16.3. The van der Waals surface area contributed by atoms with Crippen molar-refractivity contribution in [2.24, 2.45) is 0 Å². The van der Waals surface area contributed by atoms with Crippen LogP contribution in [0.25, 0.3) is 0 Å². The number of carbonyl (C=O) groups is 2. The Hall–Kier alpha value is -3.42. The number of hydrogen-bond donors (Lipinski definition) is 2. The third-order valence-corrected chi connectivity index (χ3v) is 3.83. The minimum absolute atomic E-state index is 0.0737. The molecule has 142 valence electrons. The quantitative estimate of drug-likeness (QED) is 0.538. The molecule has 27 heavy (non-hydrogen) atoms. The zero-order valence-corrected chi connectivity index (χ0v) is 15.2. The molecule has 2 aromatic carbocycles. The molecule has 0 saturated carbocycles. The monoisotopic (exact) mass is 371 g/mol. The summed E-state index contributed by atoms with van der Waals surface area (Å²) in [4.78, 5) is 34.5. The zero-order chi connectivity index (χ0) is 19.8. The number of nitrogens with zero attached hydrogens (tertiary/aromatic N) is 1. The van der Waals surface area contributed by atoms with Crippen molar-refractivity contribution in [1.82, 2.24) is 0 Å². The molecule has 0 spiro atoms. The summed E-state index contributed by atoms with van der Waals surface area (Å²) < 4.78 is 5.13. The highest BCUT2D eigenvalue weighted by molar-refractivity contribution is 6.05. The van der Waals surface area contributed by atoms with Crippen LogP contribution in [0.5, 0.6) is 5.75 Å². The maximum absolute atomic E-state index is 12.4. The van der Waals surface area contributed by atoms with Gasteiger partial charge in [0.25, 0.3) is 11.6 Å². The highest BCUT2D eigenvalue weighted by Gasteiger charge is 2.15. The molecule has 2 rings (SSSR count). The number of non-ortho nitro benzene ring substituents is 1.